The highest BCUT2D eigenvalue weighted by molar-refractivity contribution is 6.30. The van der Waals surface area contributed by atoms with E-state index in [1.54, 1.807) is 0 Å². The molecule has 34 heavy (non-hydrogen) atoms. The van der Waals surface area contributed by atoms with Crippen LogP contribution in [0.3, 0.4) is 0 Å². The lowest BCUT2D eigenvalue weighted by atomic mass is 9.99. The monoisotopic (exact) mass is 466 g/mol. The molecule has 1 atom stereocenters. The number of nitrogens with zero attached hydrogens (tertiary/aromatic N) is 2. The molecule has 1 saturated heterocycles. The lowest BCUT2D eigenvalue weighted by Crippen LogP contribution is -2.48. The molecule has 0 radical (unpaired) electrons. The molecule has 2 nitrogen and oxygen atoms in total. The first-order valence-corrected chi connectivity index (χ1v) is 12.4. The third kappa shape index (κ3) is 5.04. The van der Waals surface area contributed by atoms with Crippen molar-refractivity contribution in [3.05, 3.63) is 124 Å². The summed E-state index contributed by atoms with van der Waals surface area (Å²) < 4.78 is 0. The average Bonchev–Trinajstić information content (AvgIpc) is 2.86. The molecule has 1 aliphatic rings. The molecule has 3 heteroatoms. The number of hydrogen-bond donors (Lipinski definition) is 0. The van der Waals surface area contributed by atoms with Gasteiger partial charge in [0.25, 0.3) is 0 Å². The summed E-state index contributed by atoms with van der Waals surface area (Å²) in [5.41, 5.74) is 9.17. The first-order chi connectivity index (χ1) is 16.6. The predicted molar refractivity (Wildman–Crippen MR) is 145 cm³/mol. The number of benzene rings is 4. The van der Waals surface area contributed by atoms with Crippen molar-refractivity contribution in [2.45, 2.75) is 26.4 Å². The van der Waals surface area contributed by atoms with E-state index in [0.29, 0.717) is 0 Å². The van der Waals surface area contributed by atoms with E-state index in [0.717, 1.165) is 31.2 Å². The fourth-order valence-corrected chi connectivity index (χ4v) is 5.19. The Morgan fingerprint density at radius 3 is 2.18 bits per heavy atom. The van der Waals surface area contributed by atoms with Crippen molar-refractivity contribution in [2.75, 3.05) is 24.5 Å². The van der Waals surface area contributed by atoms with E-state index in [9.17, 15) is 0 Å². The second-order valence-corrected chi connectivity index (χ2v) is 9.79. The Labute approximate surface area is 208 Å². The van der Waals surface area contributed by atoms with Gasteiger partial charge >= 0.3 is 0 Å². The molecular weight excluding hydrogens is 436 g/mol. The van der Waals surface area contributed by atoms with Gasteiger partial charge < -0.3 is 4.90 Å². The number of rotatable bonds is 5. The molecular formula is C31H31ClN2. The van der Waals surface area contributed by atoms with Crippen LogP contribution >= 0.6 is 11.6 Å². The number of anilines is 1. The van der Waals surface area contributed by atoms with Gasteiger partial charge in [-0.3, -0.25) is 4.90 Å². The zero-order valence-corrected chi connectivity index (χ0v) is 20.7. The molecule has 0 N–H and O–H groups in total. The first kappa shape index (κ1) is 22.7. The summed E-state index contributed by atoms with van der Waals surface area (Å²) in [6.07, 6.45) is 0. The van der Waals surface area contributed by atoms with Gasteiger partial charge in [-0.15, -0.1) is 0 Å². The Balaban J connectivity index is 1.37. The topological polar surface area (TPSA) is 6.48 Å². The van der Waals surface area contributed by atoms with Gasteiger partial charge in [-0.2, -0.15) is 0 Å². The highest BCUT2D eigenvalue weighted by Gasteiger charge is 2.29. The van der Waals surface area contributed by atoms with Gasteiger partial charge in [0.2, 0.25) is 0 Å². The van der Waals surface area contributed by atoms with Gasteiger partial charge in [0.05, 0.1) is 6.04 Å². The Hall–Kier alpha value is -3.07. The molecule has 4 aromatic carbocycles. The molecule has 1 fully saturated rings. The van der Waals surface area contributed by atoms with Gasteiger partial charge in [-0.1, -0.05) is 96.0 Å². The highest BCUT2D eigenvalue weighted by atomic mass is 35.5. The standard InChI is InChI=1S/C31H31ClN2/c1-23-8-17-30(24(2)20-23)34-19-18-33(22-31(34)28-13-15-29(32)16-14-28)21-25-9-11-27(12-10-25)26-6-4-3-5-7-26/h3-17,20,31H,18-19,21-22H2,1-2H3. The molecule has 1 aliphatic heterocycles. The van der Waals surface area contributed by atoms with E-state index >= 15 is 0 Å². The number of halogens is 1. The van der Waals surface area contributed by atoms with Gasteiger partial charge in [-0.05, 0) is 59.9 Å². The highest BCUT2D eigenvalue weighted by Crippen LogP contribution is 2.34. The normalized spacial score (nSPS) is 16.6. The van der Waals surface area contributed by atoms with Crippen LogP contribution in [0.5, 0.6) is 0 Å². The zero-order chi connectivity index (χ0) is 23.5. The number of piperazine rings is 1. The fraction of sp³-hybridized carbons (Fsp3) is 0.226. The minimum absolute atomic E-state index is 0.288. The SMILES string of the molecule is Cc1ccc(N2CCN(Cc3ccc(-c4ccccc4)cc3)CC2c2ccc(Cl)cc2)c(C)c1. The van der Waals surface area contributed by atoms with Gasteiger partial charge in [0, 0.05) is 36.9 Å². The number of hydrogen-bond acceptors (Lipinski definition) is 2. The molecule has 0 saturated carbocycles. The molecule has 0 bridgehead atoms. The van der Waals surface area contributed by atoms with Crippen LogP contribution in [0, 0.1) is 13.8 Å². The van der Waals surface area contributed by atoms with Crippen molar-refractivity contribution in [2.24, 2.45) is 0 Å². The predicted octanol–water partition coefficient (Wildman–Crippen LogP) is 7.69. The Morgan fingerprint density at radius 1 is 0.765 bits per heavy atom. The maximum Gasteiger partial charge on any atom is 0.0670 e. The average molecular weight is 467 g/mol. The molecule has 1 unspecified atom stereocenters. The van der Waals surface area contributed by atoms with E-state index in [1.165, 1.54) is 39.1 Å². The third-order valence-electron chi connectivity index (χ3n) is 6.85. The van der Waals surface area contributed by atoms with Crippen LogP contribution in [-0.4, -0.2) is 24.5 Å². The van der Waals surface area contributed by atoms with Crippen molar-refractivity contribution in [3.63, 3.8) is 0 Å². The maximum absolute atomic E-state index is 6.22. The van der Waals surface area contributed by atoms with Crippen LogP contribution in [0.15, 0.2) is 97.1 Å². The van der Waals surface area contributed by atoms with Crippen molar-refractivity contribution in [1.29, 1.82) is 0 Å². The van der Waals surface area contributed by atoms with E-state index in [2.05, 4.69) is 109 Å². The first-order valence-electron chi connectivity index (χ1n) is 12.0. The van der Waals surface area contributed by atoms with Crippen molar-refractivity contribution >= 4 is 17.3 Å². The van der Waals surface area contributed by atoms with Crippen molar-refractivity contribution < 1.29 is 0 Å². The van der Waals surface area contributed by atoms with Crippen LogP contribution in [0.2, 0.25) is 5.02 Å². The minimum atomic E-state index is 0.288. The smallest absolute Gasteiger partial charge is 0.0670 e. The minimum Gasteiger partial charge on any atom is -0.362 e. The van der Waals surface area contributed by atoms with Gasteiger partial charge in [0.15, 0.2) is 0 Å². The van der Waals surface area contributed by atoms with Crippen LogP contribution < -0.4 is 4.90 Å². The van der Waals surface area contributed by atoms with Gasteiger partial charge in [-0.25, -0.2) is 0 Å². The van der Waals surface area contributed by atoms with Gasteiger partial charge in [0.1, 0.15) is 0 Å². The van der Waals surface area contributed by atoms with Crippen molar-refractivity contribution in [3.8, 4) is 11.1 Å². The summed E-state index contributed by atoms with van der Waals surface area (Å²) in [5, 5.41) is 0.785. The largest absolute Gasteiger partial charge is 0.362 e. The summed E-state index contributed by atoms with van der Waals surface area (Å²) in [6, 6.07) is 35.1. The lowest BCUT2D eigenvalue weighted by molar-refractivity contribution is 0.215. The molecule has 172 valence electrons. The molecule has 4 aromatic rings. The van der Waals surface area contributed by atoms with E-state index < -0.39 is 0 Å². The molecule has 0 aromatic heterocycles. The summed E-state index contributed by atoms with van der Waals surface area (Å²) >= 11 is 6.22. The zero-order valence-electron chi connectivity index (χ0n) is 19.9. The molecule has 0 spiro atoms. The summed E-state index contributed by atoms with van der Waals surface area (Å²) in [4.78, 5) is 5.16. The Morgan fingerprint density at radius 2 is 1.47 bits per heavy atom. The van der Waals surface area contributed by atoms with Crippen molar-refractivity contribution in [1.82, 2.24) is 4.90 Å². The quantitative estimate of drug-likeness (QED) is 0.297. The summed E-state index contributed by atoms with van der Waals surface area (Å²) in [5.74, 6) is 0. The Kier molecular flexibility index (Phi) is 6.71. The number of aryl methyl sites for hydroxylation is 2. The summed E-state index contributed by atoms with van der Waals surface area (Å²) in [6.45, 7) is 8.36. The van der Waals surface area contributed by atoms with Crippen LogP contribution in [0.25, 0.3) is 11.1 Å². The molecule has 5 rings (SSSR count). The van der Waals surface area contributed by atoms with E-state index in [4.69, 9.17) is 11.6 Å². The van der Waals surface area contributed by atoms with Crippen LogP contribution in [0.1, 0.15) is 28.3 Å². The summed E-state index contributed by atoms with van der Waals surface area (Å²) in [7, 11) is 0. The molecule has 0 amide bonds. The van der Waals surface area contributed by atoms with Crippen LogP contribution in [-0.2, 0) is 6.54 Å². The van der Waals surface area contributed by atoms with E-state index in [-0.39, 0.29) is 6.04 Å². The van der Waals surface area contributed by atoms with E-state index in [1.807, 2.05) is 12.1 Å². The third-order valence-corrected chi connectivity index (χ3v) is 7.10. The lowest BCUT2D eigenvalue weighted by Gasteiger charge is -2.44. The second-order valence-electron chi connectivity index (χ2n) is 9.35. The molecule has 0 aliphatic carbocycles. The fourth-order valence-electron chi connectivity index (χ4n) is 5.06. The van der Waals surface area contributed by atoms with Crippen LogP contribution in [0.4, 0.5) is 5.69 Å². The Bertz CT molecular complexity index is 1230. The second kappa shape index (κ2) is 10.0. The maximum atomic E-state index is 6.22. The molecule has 1 heterocycles.